The molecule has 1 atom stereocenters. The number of amides is 2. The predicted octanol–water partition coefficient (Wildman–Crippen LogP) is 6.00. The maximum atomic E-state index is 13.0. The molecular weight excluding hydrogens is 456 g/mol. The number of halogens is 1. The molecule has 2 aromatic carbocycles. The van der Waals surface area contributed by atoms with Gasteiger partial charge in [0.15, 0.2) is 6.61 Å². The number of nitrogens with zero attached hydrogens (tertiary/aromatic N) is 1. The Morgan fingerprint density at radius 1 is 1.10 bits per heavy atom. The minimum absolute atomic E-state index is 0.0258. The van der Waals surface area contributed by atoms with E-state index in [1.165, 1.54) is 5.56 Å². The van der Waals surface area contributed by atoms with E-state index in [0.29, 0.717) is 22.9 Å². The second-order valence-corrected chi connectivity index (χ2v) is 8.94. The first-order valence-corrected chi connectivity index (χ1v) is 11.9. The fourth-order valence-electron chi connectivity index (χ4n) is 3.73. The van der Waals surface area contributed by atoms with Crippen molar-refractivity contribution in [2.75, 3.05) is 25.0 Å². The highest BCUT2D eigenvalue weighted by Crippen LogP contribution is 2.30. The average Bonchev–Trinajstić information content (AvgIpc) is 3.07. The van der Waals surface area contributed by atoms with Gasteiger partial charge in [0.05, 0.1) is 15.7 Å². The first-order chi connectivity index (χ1) is 15.0. The summed E-state index contributed by atoms with van der Waals surface area (Å²) in [6, 6.07) is 13.1. The van der Waals surface area contributed by atoms with Gasteiger partial charge in [0, 0.05) is 13.1 Å². The summed E-state index contributed by atoms with van der Waals surface area (Å²) in [5.74, 6) is 0.763. The molecule has 0 bridgehead atoms. The van der Waals surface area contributed by atoms with E-state index in [-0.39, 0.29) is 18.4 Å². The van der Waals surface area contributed by atoms with Gasteiger partial charge in [0.1, 0.15) is 5.75 Å². The molecule has 1 aliphatic rings. The Morgan fingerprint density at radius 2 is 1.81 bits per heavy atom. The standard InChI is InChI=1S/C25H31BrN2O3/c1-3-18(2)19-12-13-23(21(26)16-19)31-17-24(29)27-22-11-7-6-10-20(22)25(30)28-14-8-4-5-9-15-28/h6-7,10-13,16,18H,3-5,8-9,14-15,17H2,1-2H3,(H,27,29). The van der Waals surface area contributed by atoms with Crippen LogP contribution < -0.4 is 10.1 Å². The van der Waals surface area contributed by atoms with Crippen LogP contribution in [0.3, 0.4) is 0 Å². The zero-order valence-electron chi connectivity index (χ0n) is 18.3. The van der Waals surface area contributed by atoms with Gasteiger partial charge in [0.25, 0.3) is 11.8 Å². The van der Waals surface area contributed by atoms with Crippen LogP contribution in [-0.2, 0) is 4.79 Å². The van der Waals surface area contributed by atoms with Crippen molar-refractivity contribution in [2.24, 2.45) is 0 Å². The molecule has 0 saturated carbocycles. The topological polar surface area (TPSA) is 58.6 Å². The highest BCUT2D eigenvalue weighted by molar-refractivity contribution is 9.10. The smallest absolute Gasteiger partial charge is 0.262 e. The van der Waals surface area contributed by atoms with Crippen LogP contribution >= 0.6 is 15.9 Å². The predicted molar refractivity (Wildman–Crippen MR) is 128 cm³/mol. The zero-order chi connectivity index (χ0) is 22.2. The van der Waals surface area contributed by atoms with Crippen LogP contribution in [0.2, 0.25) is 0 Å². The Morgan fingerprint density at radius 3 is 2.48 bits per heavy atom. The number of carbonyl (C=O) groups is 2. The normalized spacial score (nSPS) is 15.1. The summed E-state index contributed by atoms with van der Waals surface area (Å²) in [4.78, 5) is 27.5. The van der Waals surface area contributed by atoms with Crippen molar-refractivity contribution >= 4 is 33.4 Å². The van der Waals surface area contributed by atoms with Gasteiger partial charge in [-0.25, -0.2) is 0 Å². The minimum atomic E-state index is -0.297. The van der Waals surface area contributed by atoms with E-state index in [1.807, 2.05) is 35.2 Å². The van der Waals surface area contributed by atoms with Crippen molar-refractivity contribution < 1.29 is 14.3 Å². The van der Waals surface area contributed by atoms with Crippen molar-refractivity contribution in [3.05, 3.63) is 58.1 Å². The third kappa shape index (κ3) is 6.33. The van der Waals surface area contributed by atoms with E-state index in [1.54, 1.807) is 12.1 Å². The summed E-state index contributed by atoms with van der Waals surface area (Å²) in [5.41, 5.74) is 2.28. The maximum absolute atomic E-state index is 13.0. The van der Waals surface area contributed by atoms with E-state index in [4.69, 9.17) is 4.74 Å². The number of para-hydroxylation sites is 1. The van der Waals surface area contributed by atoms with Crippen LogP contribution in [0.15, 0.2) is 46.9 Å². The Labute approximate surface area is 193 Å². The highest BCUT2D eigenvalue weighted by Gasteiger charge is 2.20. The number of hydrogen-bond donors (Lipinski definition) is 1. The summed E-state index contributed by atoms with van der Waals surface area (Å²) < 4.78 is 6.55. The lowest BCUT2D eigenvalue weighted by Crippen LogP contribution is -2.33. The number of nitrogens with one attached hydrogen (secondary N) is 1. The summed E-state index contributed by atoms with van der Waals surface area (Å²) in [7, 11) is 0. The summed E-state index contributed by atoms with van der Waals surface area (Å²) >= 11 is 3.54. The second kappa shape index (κ2) is 11.3. The van der Waals surface area contributed by atoms with Crippen LogP contribution in [0.1, 0.15) is 67.8 Å². The van der Waals surface area contributed by atoms with Gasteiger partial charge in [-0.2, -0.15) is 0 Å². The molecule has 0 aromatic heterocycles. The van der Waals surface area contributed by atoms with Crippen molar-refractivity contribution in [3.8, 4) is 5.75 Å². The molecule has 1 unspecified atom stereocenters. The molecule has 1 saturated heterocycles. The van der Waals surface area contributed by atoms with Gasteiger partial charge in [-0.1, -0.05) is 44.9 Å². The molecule has 1 aliphatic heterocycles. The third-order valence-electron chi connectivity index (χ3n) is 5.82. The Balaban J connectivity index is 1.63. The number of carbonyl (C=O) groups excluding carboxylic acids is 2. The third-order valence-corrected chi connectivity index (χ3v) is 6.44. The lowest BCUT2D eigenvalue weighted by atomic mass is 9.99. The van der Waals surface area contributed by atoms with E-state index >= 15 is 0 Å². The van der Waals surface area contributed by atoms with Gasteiger partial charge in [-0.05, 0) is 70.9 Å². The van der Waals surface area contributed by atoms with Gasteiger partial charge < -0.3 is 15.0 Å². The van der Waals surface area contributed by atoms with Gasteiger partial charge in [-0.3, -0.25) is 9.59 Å². The number of likely N-dealkylation sites (tertiary alicyclic amines) is 1. The molecule has 1 heterocycles. The molecule has 0 aliphatic carbocycles. The van der Waals surface area contributed by atoms with Crippen molar-refractivity contribution in [1.29, 1.82) is 0 Å². The molecule has 5 nitrogen and oxygen atoms in total. The number of ether oxygens (including phenoxy) is 1. The molecule has 166 valence electrons. The maximum Gasteiger partial charge on any atom is 0.262 e. The zero-order valence-corrected chi connectivity index (χ0v) is 19.9. The number of hydrogen-bond acceptors (Lipinski definition) is 3. The molecule has 0 radical (unpaired) electrons. The lowest BCUT2D eigenvalue weighted by molar-refractivity contribution is -0.118. The average molecular weight is 487 g/mol. The van der Waals surface area contributed by atoms with Crippen molar-refractivity contribution in [3.63, 3.8) is 0 Å². The second-order valence-electron chi connectivity index (χ2n) is 8.09. The van der Waals surface area contributed by atoms with E-state index in [2.05, 4.69) is 35.1 Å². The molecule has 6 heteroatoms. The molecule has 1 N–H and O–H groups in total. The van der Waals surface area contributed by atoms with Crippen LogP contribution in [0.4, 0.5) is 5.69 Å². The van der Waals surface area contributed by atoms with Gasteiger partial charge in [0.2, 0.25) is 0 Å². The molecule has 1 fully saturated rings. The molecule has 2 amide bonds. The molecule has 2 aromatic rings. The summed E-state index contributed by atoms with van der Waals surface area (Å²) in [6.07, 6.45) is 5.43. The molecular formula is C25H31BrN2O3. The van der Waals surface area contributed by atoms with Crippen molar-refractivity contribution in [2.45, 2.75) is 51.9 Å². The molecule has 3 rings (SSSR count). The fourth-order valence-corrected chi connectivity index (χ4v) is 4.24. The molecule has 31 heavy (non-hydrogen) atoms. The Bertz CT molecular complexity index is 907. The lowest BCUT2D eigenvalue weighted by Gasteiger charge is -2.22. The SMILES string of the molecule is CCC(C)c1ccc(OCC(=O)Nc2ccccc2C(=O)N2CCCCCC2)c(Br)c1. The number of anilines is 1. The Hall–Kier alpha value is -2.34. The molecule has 0 spiro atoms. The summed E-state index contributed by atoms with van der Waals surface area (Å²) in [6.45, 7) is 5.74. The Kier molecular flexibility index (Phi) is 8.52. The van der Waals surface area contributed by atoms with Crippen LogP contribution in [-0.4, -0.2) is 36.4 Å². The van der Waals surface area contributed by atoms with Crippen LogP contribution in [0.5, 0.6) is 5.75 Å². The van der Waals surface area contributed by atoms with Crippen molar-refractivity contribution in [1.82, 2.24) is 4.90 Å². The fraction of sp³-hybridized carbons (Fsp3) is 0.440. The largest absolute Gasteiger partial charge is 0.483 e. The first kappa shape index (κ1) is 23.3. The van der Waals surface area contributed by atoms with E-state index < -0.39 is 0 Å². The quantitative estimate of drug-likeness (QED) is 0.522. The van der Waals surface area contributed by atoms with E-state index in [9.17, 15) is 9.59 Å². The monoisotopic (exact) mass is 486 g/mol. The first-order valence-electron chi connectivity index (χ1n) is 11.1. The van der Waals surface area contributed by atoms with Crippen LogP contribution in [0.25, 0.3) is 0 Å². The summed E-state index contributed by atoms with van der Waals surface area (Å²) in [5, 5.41) is 2.85. The number of benzene rings is 2. The van der Waals surface area contributed by atoms with Gasteiger partial charge >= 0.3 is 0 Å². The number of rotatable bonds is 7. The van der Waals surface area contributed by atoms with Gasteiger partial charge in [-0.15, -0.1) is 0 Å². The van der Waals surface area contributed by atoms with E-state index in [0.717, 1.165) is 49.7 Å². The van der Waals surface area contributed by atoms with Crippen LogP contribution in [0, 0.1) is 0 Å². The minimum Gasteiger partial charge on any atom is -0.483 e. The highest BCUT2D eigenvalue weighted by atomic mass is 79.9.